The van der Waals surface area contributed by atoms with Gasteiger partial charge in [-0.1, -0.05) is 11.3 Å². The van der Waals surface area contributed by atoms with Gasteiger partial charge in [-0.3, -0.25) is 4.79 Å². The van der Waals surface area contributed by atoms with Crippen LogP contribution in [0.4, 0.5) is 0 Å². The fraction of sp³-hybridized carbons (Fsp3) is 0.133. The number of carbonyl (C=O) groups is 1. The molecule has 0 saturated carbocycles. The van der Waals surface area contributed by atoms with Crippen molar-refractivity contribution in [3.63, 3.8) is 0 Å². The number of rotatable bonds is 4. The first-order chi connectivity index (χ1) is 10.7. The van der Waals surface area contributed by atoms with Gasteiger partial charge >= 0.3 is 0 Å². The highest BCUT2D eigenvalue weighted by atomic mass is 32.2. The Morgan fingerprint density at radius 3 is 2.59 bits per heavy atom. The smallest absolute Gasteiger partial charge is 0.261 e. The Labute approximate surface area is 135 Å². The van der Waals surface area contributed by atoms with Crippen molar-refractivity contribution in [2.24, 2.45) is 0 Å². The largest absolute Gasteiger partial charge is 0.497 e. The first-order valence-electron chi connectivity index (χ1n) is 6.42. The number of ether oxygens (including phenoxy) is 1. The molecule has 22 heavy (non-hydrogen) atoms. The predicted molar refractivity (Wildman–Crippen MR) is 85.5 cm³/mol. The highest BCUT2D eigenvalue weighted by Crippen LogP contribution is 2.29. The molecule has 0 bridgehead atoms. The van der Waals surface area contributed by atoms with Crippen LogP contribution in [0, 0.1) is 6.92 Å². The van der Waals surface area contributed by atoms with Crippen molar-refractivity contribution >= 4 is 28.2 Å². The van der Waals surface area contributed by atoms with E-state index in [2.05, 4.69) is 10.2 Å². The summed E-state index contributed by atoms with van der Waals surface area (Å²) in [5.41, 5.74) is 0.886. The summed E-state index contributed by atoms with van der Waals surface area (Å²) in [5.74, 6) is 1.71. The standard InChI is InChI=1S/C15H12N2O3S2/c1-9-16-17-15(21-9)22-14(18)13-8-7-12(20-13)10-3-5-11(19-2)6-4-10/h3-8H,1-2H3. The van der Waals surface area contributed by atoms with Crippen molar-refractivity contribution in [2.75, 3.05) is 7.11 Å². The van der Waals surface area contributed by atoms with E-state index in [-0.39, 0.29) is 5.12 Å². The molecule has 0 aliphatic carbocycles. The summed E-state index contributed by atoms with van der Waals surface area (Å²) < 4.78 is 11.4. The monoisotopic (exact) mass is 332 g/mol. The van der Waals surface area contributed by atoms with Gasteiger partial charge in [-0.25, -0.2) is 0 Å². The number of benzene rings is 1. The Morgan fingerprint density at radius 1 is 1.18 bits per heavy atom. The molecule has 0 spiro atoms. The number of thioether (sulfide) groups is 1. The van der Waals surface area contributed by atoms with Crippen molar-refractivity contribution in [1.82, 2.24) is 10.2 Å². The second-order valence-electron chi connectivity index (χ2n) is 4.37. The summed E-state index contributed by atoms with van der Waals surface area (Å²) in [4.78, 5) is 12.2. The van der Waals surface area contributed by atoms with Gasteiger partial charge in [0.25, 0.3) is 5.12 Å². The number of hydrogen-bond acceptors (Lipinski definition) is 7. The minimum atomic E-state index is -0.184. The lowest BCUT2D eigenvalue weighted by atomic mass is 10.2. The number of nitrogens with zero attached hydrogens (tertiary/aromatic N) is 2. The van der Waals surface area contributed by atoms with Crippen molar-refractivity contribution in [1.29, 1.82) is 0 Å². The van der Waals surface area contributed by atoms with Crippen LogP contribution in [0.1, 0.15) is 15.6 Å². The molecule has 0 unspecified atom stereocenters. The summed E-state index contributed by atoms with van der Waals surface area (Å²) in [6.07, 6.45) is 0. The van der Waals surface area contributed by atoms with Crippen molar-refractivity contribution in [3.8, 4) is 17.1 Å². The second-order valence-corrected chi connectivity index (χ2v) is 6.77. The molecule has 0 radical (unpaired) electrons. The number of carbonyl (C=O) groups excluding carboxylic acids is 1. The maximum Gasteiger partial charge on any atom is 0.261 e. The maximum absolute atomic E-state index is 12.2. The Balaban J connectivity index is 1.76. The molecule has 0 aliphatic rings. The zero-order valence-electron chi connectivity index (χ0n) is 11.9. The molecule has 0 atom stereocenters. The summed E-state index contributed by atoms with van der Waals surface area (Å²) in [6, 6.07) is 10.9. The topological polar surface area (TPSA) is 65.2 Å². The third-order valence-corrected chi connectivity index (χ3v) is 4.65. The maximum atomic E-state index is 12.2. The number of methoxy groups -OCH3 is 1. The van der Waals surface area contributed by atoms with E-state index in [1.54, 1.807) is 19.2 Å². The van der Waals surface area contributed by atoms with E-state index in [0.29, 0.717) is 15.9 Å². The second kappa shape index (κ2) is 6.33. The third kappa shape index (κ3) is 3.20. The van der Waals surface area contributed by atoms with Crippen LogP contribution in [-0.2, 0) is 0 Å². The summed E-state index contributed by atoms with van der Waals surface area (Å²) in [7, 11) is 1.62. The van der Waals surface area contributed by atoms with Crippen LogP contribution in [0.5, 0.6) is 5.75 Å². The SMILES string of the molecule is COc1ccc(-c2ccc(C(=O)Sc3nnc(C)s3)o2)cc1. The van der Waals surface area contributed by atoms with Crippen LogP contribution in [-0.4, -0.2) is 22.4 Å². The molecule has 2 heterocycles. The summed E-state index contributed by atoms with van der Waals surface area (Å²) in [6.45, 7) is 1.85. The van der Waals surface area contributed by atoms with Gasteiger partial charge in [-0.05, 0) is 55.1 Å². The fourth-order valence-corrected chi connectivity index (χ4v) is 3.43. The summed E-state index contributed by atoms with van der Waals surface area (Å²) in [5, 5.41) is 8.45. The van der Waals surface area contributed by atoms with Crippen LogP contribution in [0.2, 0.25) is 0 Å². The zero-order chi connectivity index (χ0) is 15.5. The van der Waals surface area contributed by atoms with Crippen molar-refractivity contribution < 1.29 is 13.9 Å². The van der Waals surface area contributed by atoms with E-state index < -0.39 is 0 Å². The van der Waals surface area contributed by atoms with E-state index in [1.807, 2.05) is 31.2 Å². The molecule has 0 fully saturated rings. The van der Waals surface area contributed by atoms with E-state index in [9.17, 15) is 4.79 Å². The molecule has 0 N–H and O–H groups in total. The minimum absolute atomic E-state index is 0.184. The number of hydrogen-bond donors (Lipinski definition) is 0. The first-order valence-corrected chi connectivity index (χ1v) is 8.05. The van der Waals surface area contributed by atoms with Gasteiger partial charge in [-0.15, -0.1) is 10.2 Å². The zero-order valence-corrected chi connectivity index (χ0v) is 13.5. The lowest BCUT2D eigenvalue weighted by molar-refractivity contribution is 0.106. The molecule has 1 aromatic carbocycles. The van der Waals surface area contributed by atoms with Crippen LogP contribution in [0.3, 0.4) is 0 Å². The summed E-state index contributed by atoms with van der Waals surface area (Å²) >= 11 is 2.41. The molecule has 3 aromatic rings. The van der Waals surface area contributed by atoms with Crippen molar-refractivity contribution in [2.45, 2.75) is 11.3 Å². The molecule has 3 rings (SSSR count). The van der Waals surface area contributed by atoms with E-state index in [0.717, 1.165) is 28.1 Å². The first kappa shape index (κ1) is 14.8. The molecule has 2 aromatic heterocycles. The van der Waals surface area contributed by atoms with Crippen LogP contribution < -0.4 is 4.74 Å². The number of furan rings is 1. The quantitative estimate of drug-likeness (QED) is 0.672. The van der Waals surface area contributed by atoms with E-state index >= 15 is 0 Å². The van der Waals surface area contributed by atoms with Crippen LogP contribution >= 0.6 is 23.1 Å². The van der Waals surface area contributed by atoms with Crippen LogP contribution in [0.15, 0.2) is 45.2 Å². The molecule has 5 nitrogen and oxygen atoms in total. The molecule has 0 amide bonds. The van der Waals surface area contributed by atoms with Gasteiger partial charge in [0, 0.05) is 5.56 Å². The van der Waals surface area contributed by atoms with Gasteiger partial charge in [0.05, 0.1) is 7.11 Å². The van der Waals surface area contributed by atoms with Gasteiger partial charge in [0.1, 0.15) is 16.5 Å². The molecule has 0 saturated heterocycles. The van der Waals surface area contributed by atoms with Crippen LogP contribution in [0.25, 0.3) is 11.3 Å². The molecular formula is C15H12N2O3S2. The Morgan fingerprint density at radius 2 is 1.95 bits per heavy atom. The lowest BCUT2D eigenvalue weighted by Crippen LogP contribution is -1.89. The Bertz CT molecular complexity index is 793. The molecule has 7 heteroatoms. The van der Waals surface area contributed by atoms with Gasteiger partial charge in [-0.2, -0.15) is 0 Å². The predicted octanol–water partition coefficient (Wildman–Crippen LogP) is 4.05. The third-order valence-electron chi connectivity index (χ3n) is 2.87. The van der Waals surface area contributed by atoms with Gasteiger partial charge in [0.2, 0.25) is 0 Å². The Hall–Kier alpha value is -2.12. The average molecular weight is 332 g/mol. The average Bonchev–Trinajstić information content (AvgIpc) is 3.17. The number of aryl methyl sites for hydroxylation is 1. The van der Waals surface area contributed by atoms with Gasteiger partial charge < -0.3 is 9.15 Å². The van der Waals surface area contributed by atoms with Crippen molar-refractivity contribution in [3.05, 3.63) is 47.2 Å². The highest BCUT2D eigenvalue weighted by Gasteiger charge is 2.16. The molecule has 0 aliphatic heterocycles. The Kier molecular flexibility index (Phi) is 4.26. The molecule has 112 valence electrons. The van der Waals surface area contributed by atoms with E-state index in [1.165, 1.54) is 11.3 Å². The van der Waals surface area contributed by atoms with Gasteiger partial charge in [0.15, 0.2) is 10.1 Å². The van der Waals surface area contributed by atoms with E-state index in [4.69, 9.17) is 9.15 Å². The lowest BCUT2D eigenvalue weighted by Gasteiger charge is -2.00. The molecular weight excluding hydrogens is 320 g/mol. The normalized spacial score (nSPS) is 10.6. The number of aromatic nitrogens is 2. The highest BCUT2D eigenvalue weighted by molar-refractivity contribution is 8.15. The minimum Gasteiger partial charge on any atom is -0.497 e. The fourth-order valence-electron chi connectivity index (χ4n) is 1.81.